The van der Waals surface area contributed by atoms with Gasteiger partial charge in [-0.05, 0) is 11.6 Å². The molecule has 0 aliphatic rings. The number of rotatable bonds is 2. The van der Waals surface area contributed by atoms with Gasteiger partial charge in [0.15, 0.2) is 5.16 Å². The zero-order chi connectivity index (χ0) is 10.8. The molecule has 0 amide bonds. The maximum atomic E-state index is 5.74. The summed E-state index contributed by atoms with van der Waals surface area (Å²) >= 11 is 7.30. The number of anilines is 1. The van der Waals surface area contributed by atoms with E-state index < -0.39 is 0 Å². The standard InChI is InChI=1S/C8H13ClN4S/c1-8(2,3)14-7-12-5(9)11-6(10-4)13-7/h1-4H3,(H,10,11,12,13). The van der Waals surface area contributed by atoms with Gasteiger partial charge in [0.25, 0.3) is 0 Å². The van der Waals surface area contributed by atoms with Gasteiger partial charge in [-0.2, -0.15) is 15.0 Å². The largest absolute Gasteiger partial charge is 0.357 e. The van der Waals surface area contributed by atoms with Crippen LogP contribution in [-0.2, 0) is 0 Å². The fraction of sp³-hybridized carbons (Fsp3) is 0.625. The monoisotopic (exact) mass is 232 g/mol. The molecule has 0 saturated carbocycles. The Bertz CT molecular complexity index is 324. The molecule has 0 unspecified atom stereocenters. The third-order valence-electron chi connectivity index (χ3n) is 1.21. The first-order chi connectivity index (χ1) is 6.40. The van der Waals surface area contributed by atoms with E-state index >= 15 is 0 Å². The molecule has 1 aromatic heterocycles. The maximum absolute atomic E-state index is 5.74. The molecule has 14 heavy (non-hydrogen) atoms. The van der Waals surface area contributed by atoms with Crippen LogP contribution < -0.4 is 5.32 Å². The quantitative estimate of drug-likeness (QED) is 0.794. The molecular formula is C8H13ClN4S. The second-order valence-corrected chi connectivity index (χ2v) is 5.81. The summed E-state index contributed by atoms with van der Waals surface area (Å²) in [6, 6.07) is 0. The van der Waals surface area contributed by atoms with Crippen LogP contribution in [0.25, 0.3) is 0 Å². The van der Waals surface area contributed by atoms with Crippen molar-refractivity contribution in [3.8, 4) is 0 Å². The first kappa shape index (κ1) is 11.5. The van der Waals surface area contributed by atoms with E-state index in [-0.39, 0.29) is 10.0 Å². The average molecular weight is 233 g/mol. The van der Waals surface area contributed by atoms with Gasteiger partial charge in [0.2, 0.25) is 11.2 Å². The van der Waals surface area contributed by atoms with Gasteiger partial charge in [-0.3, -0.25) is 0 Å². The summed E-state index contributed by atoms with van der Waals surface area (Å²) in [5.74, 6) is 0.497. The van der Waals surface area contributed by atoms with Crippen LogP contribution in [0.5, 0.6) is 0 Å². The van der Waals surface area contributed by atoms with Crippen molar-refractivity contribution in [2.24, 2.45) is 0 Å². The van der Waals surface area contributed by atoms with Crippen LogP contribution in [0, 0.1) is 0 Å². The normalized spacial score (nSPS) is 11.5. The molecule has 0 radical (unpaired) electrons. The smallest absolute Gasteiger partial charge is 0.228 e. The first-order valence-electron chi connectivity index (χ1n) is 4.19. The van der Waals surface area contributed by atoms with Crippen LogP contribution >= 0.6 is 23.4 Å². The van der Waals surface area contributed by atoms with Crippen LogP contribution in [0.4, 0.5) is 5.95 Å². The number of hydrogen-bond donors (Lipinski definition) is 1. The molecule has 0 atom stereocenters. The van der Waals surface area contributed by atoms with Gasteiger partial charge >= 0.3 is 0 Å². The Kier molecular flexibility index (Phi) is 3.55. The van der Waals surface area contributed by atoms with Crippen molar-refractivity contribution in [2.75, 3.05) is 12.4 Å². The zero-order valence-electron chi connectivity index (χ0n) is 8.63. The lowest BCUT2D eigenvalue weighted by molar-refractivity contribution is 0.788. The molecule has 0 aliphatic heterocycles. The van der Waals surface area contributed by atoms with Gasteiger partial charge in [0.1, 0.15) is 0 Å². The predicted molar refractivity (Wildman–Crippen MR) is 60.0 cm³/mol. The minimum atomic E-state index is 0.0652. The van der Waals surface area contributed by atoms with E-state index in [2.05, 4.69) is 41.0 Å². The summed E-state index contributed by atoms with van der Waals surface area (Å²) in [4.78, 5) is 12.1. The van der Waals surface area contributed by atoms with E-state index in [1.54, 1.807) is 18.8 Å². The Hall–Kier alpha value is -0.550. The number of thioether (sulfide) groups is 1. The van der Waals surface area contributed by atoms with Crippen molar-refractivity contribution in [1.29, 1.82) is 0 Å². The molecule has 0 fully saturated rings. The van der Waals surface area contributed by atoms with E-state index in [1.165, 1.54) is 0 Å². The molecule has 0 aromatic carbocycles. The molecule has 1 aromatic rings. The lowest BCUT2D eigenvalue weighted by Gasteiger charge is -2.15. The number of nitrogens with zero attached hydrogens (tertiary/aromatic N) is 3. The van der Waals surface area contributed by atoms with Gasteiger partial charge in [0.05, 0.1) is 0 Å². The highest BCUT2D eigenvalue weighted by Gasteiger charge is 2.15. The summed E-state index contributed by atoms with van der Waals surface area (Å²) in [6.07, 6.45) is 0. The molecule has 0 saturated heterocycles. The van der Waals surface area contributed by atoms with Crippen LogP contribution in [0.15, 0.2) is 5.16 Å². The Morgan fingerprint density at radius 3 is 2.36 bits per heavy atom. The number of hydrogen-bond acceptors (Lipinski definition) is 5. The van der Waals surface area contributed by atoms with Crippen molar-refractivity contribution in [1.82, 2.24) is 15.0 Å². The summed E-state index contributed by atoms with van der Waals surface area (Å²) in [5.41, 5.74) is 0. The van der Waals surface area contributed by atoms with E-state index in [1.807, 2.05) is 0 Å². The maximum Gasteiger partial charge on any atom is 0.228 e. The lowest BCUT2D eigenvalue weighted by Crippen LogP contribution is -2.09. The first-order valence-corrected chi connectivity index (χ1v) is 5.38. The van der Waals surface area contributed by atoms with Gasteiger partial charge < -0.3 is 5.32 Å². The summed E-state index contributed by atoms with van der Waals surface area (Å²) in [7, 11) is 1.75. The Balaban J connectivity index is 2.92. The topological polar surface area (TPSA) is 50.7 Å². The molecule has 0 bridgehead atoms. The number of nitrogens with one attached hydrogen (secondary N) is 1. The minimum Gasteiger partial charge on any atom is -0.357 e. The Morgan fingerprint density at radius 2 is 1.86 bits per heavy atom. The molecular weight excluding hydrogens is 220 g/mol. The van der Waals surface area contributed by atoms with E-state index in [9.17, 15) is 0 Å². The Labute approximate surface area is 92.9 Å². The van der Waals surface area contributed by atoms with Crippen molar-refractivity contribution in [3.63, 3.8) is 0 Å². The number of aromatic nitrogens is 3. The lowest BCUT2D eigenvalue weighted by atomic mass is 10.3. The van der Waals surface area contributed by atoms with Gasteiger partial charge in [-0.25, -0.2) is 0 Å². The van der Waals surface area contributed by atoms with Crippen molar-refractivity contribution in [2.45, 2.75) is 30.7 Å². The van der Waals surface area contributed by atoms with Gasteiger partial charge in [-0.15, -0.1) is 0 Å². The molecule has 1 heterocycles. The van der Waals surface area contributed by atoms with E-state index in [4.69, 9.17) is 11.6 Å². The van der Waals surface area contributed by atoms with Crippen LogP contribution in [0.3, 0.4) is 0 Å². The van der Waals surface area contributed by atoms with E-state index in [0.29, 0.717) is 11.1 Å². The highest BCUT2D eigenvalue weighted by atomic mass is 35.5. The fourth-order valence-electron chi connectivity index (χ4n) is 0.763. The molecule has 6 heteroatoms. The van der Waals surface area contributed by atoms with Crippen LogP contribution in [0.2, 0.25) is 5.28 Å². The molecule has 4 nitrogen and oxygen atoms in total. The molecule has 0 spiro atoms. The molecule has 0 aliphatic carbocycles. The predicted octanol–water partition coefficient (Wildman–Crippen LogP) is 2.46. The van der Waals surface area contributed by atoms with Crippen LogP contribution in [-0.4, -0.2) is 26.7 Å². The third kappa shape index (κ3) is 3.67. The summed E-state index contributed by atoms with van der Waals surface area (Å²) < 4.78 is 0.0652. The van der Waals surface area contributed by atoms with Gasteiger partial charge in [0, 0.05) is 11.8 Å². The highest BCUT2D eigenvalue weighted by Crippen LogP contribution is 2.29. The van der Waals surface area contributed by atoms with Crippen molar-refractivity contribution >= 4 is 29.3 Å². The minimum absolute atomic E-state index is 0.0652. The second kappa shape index (κ2) is 4.31. The molecule has 1 N–H and O–H groups in total. The van der Waals surface area contributed by atoms with Crippen molar-refractivity contribution in [3.05, 3.63) is 5.28 Å². The summed E-state index contributed by atoms with van der Waals surface area (Å²) in [5, 5.41) is 3.69. The SMILES string of the molecule is CNc1nc(Cl)nc(SC(C)(C)C)n1. The zero-order valence-corrected chi connectivity index (χ0v) is 10.2. The average Bonchev–Trinajstić information content (AvgIpc) is 1.99. The van der Waals surface area contributed by atoms with Crippen molar-refractivity contribution < 1.29 is 0 Å². The molecule has 78 valence electrons. The third-order valence-corrected chi connectivity index (χ3v) is 2.36. The van der Waals surface area contributed by atoms with E-state index in [0.717, 1.165) is 0 Å². The van der Waals surface area contributed by atoms with Crippen LogP contribution in [0.1, 0.15) is 20.8 Å². The fourth-order valence-corrected chi connectivity index (χ4v) is 1.79. The molecule has 1 rings (SSSR count). The highest BCUT2D eigenvalue weighted by molar-refractivity contribution is 8.00. The summed E-state index contributed by atoms with van der Waals surface area (Å²) in [6.45, 7) is 6.28. The number of halogens is 1. The Morgan fingerprint density at radius 1 is 1.21 bits per heavy atom. The second-order valence-electron chi connectivity index (χ2n) is 3.68. The van der Waals surface area contributed by atoms with Gasteiger partial charge in [-0.1, -0.05) is 32.5 Å².